The van der Waals surface area contributed by atoms with Gasteiger partial charge < -0.3 is 10.4 Å². The monoisotopic (exact) mass is 276 g/mol. The van der Waals surface area contributed by atoms with Gasteiger partial charge in [0.2, 0.25) is 5.91 Å². The molecule has 1 rings (SSSR count). The number of aliphatic carboxylic acids is 1. The first kappa shape index (κ1) is 15.5. The van der Waals surface area contributed by atoms with Crippen molar-refractivity contribution in [2.45, 2.75) is 32.2 Å². The third-order valence-corrected chi connectivity index (χ3v) is 2.72. The molecular weight excluding hydrogens is 260 g/mol. The lowest BCUT2D eigenvalue weighted by molar-refractivity contribution is -0.137. The third-order valence-electron chi connectivity index (χ3n) is 2.72. The number of carbonyl (C=O) groups is 2. The Balaban J connectivity index is 2.79. The summed E-state index contributed by atoms with van der Waals surface area (Å²) in [7, 11) is 0. The molecule has 1 unspecified atom stereocenters. The summed E-state index contributed by atoms with van der Waals surface area (Å²) < 4.78 is 0. The molecule has 0 fully saturated rings. The number of carboxylic acid groups (broad SMARTS) is 1. The highest BCUT2D eigenvalue weighted by Crippen LogP contribution is 2.24. The maximum absolute atomic E-state index is 11.2. The number of carbonyl (C=O) groups excluding carboxylic acids is 1. The molecule has 0 aliphatic heterocycles. The van der Waals surface area contributed by atoms with Crippen molar-refractivity contribution in [1.29, 1.82) is 0 Å². The van der Waals surface area contributed by atoms with Gasteiger partial charge in [0.25, 0.3) is 0 Å². The van der Waals surface area contributed by atoms with Gasteiger partial charge in [0, 0.05) is 23.4 Å². The summed E-state index contributed by atoms with van der Waals surface area (Å²) in [6.07, 6.45) is 0.555. The Labute approximate surface area is 116 Å². The zero-order valence-corrected chi connectivity index (χ0v) is 11.1. The second-order valence-electron chi connectivity index (χ2n) is 4.18. The van der Waals surface area contributed by atoms with Crippen molar-refractivity contribution >= 4 is 17.6 Å². The highest BCUT2D eigenvalue weighted by Gasteiger charge is 2.11. The number of azide groups is 1. The summed E-state index contributed by atoms with van der Waals surface area (Å²) in [5.74, 6) is -1.02. The molecule has 0 bridgehead atoms. The van der Waals surface area contributed by atoms with Gasteiger partial charge in [-0.05, 0) is 29.6 Å². The fraction of sp³-hybridized carbons (Fsp3) is 0.385. The van der Waals surface area contributed by atoms with Crippen molar-refractivity contribution in [2.24, 2.45) is 5.11 Å². The number of hydrogen-bond donors (Lipinski definition) is 2. The lowest BCUT2D eigenvalue weighted by Crippen LogP contribution is -2.09. The van der Waals surface area contributed by atoms with Crippen LogP contribution in [0.5, 0.6) is 0 Å². The fourth-order valence-electron chi connectivity index (χ4n) is 1.65. The molecule has 2 N–H and O–H groups in total. The third kappa shape index (κ3) is 4.99. The van der Waals surface area contributed by atoms with Crippen molar-refractivity contribution in [3.63, 3.8) is 0 Å². The van der Waals surface area contributed by atoms with Gasteiger partial charge in [-0.2, -0.15) is 0 Å². The summed E-state index contributed by atoms with van der Waals surface area (Å²) in [4.78, 5) is 24.5. The summed E-state index contributed by atoms with van der Waals surface area (Å²) in [5, 5.41) is 15.0. The molecule has 1 atom stereocenters. The van der Waals surface area contributed by atoms with E-state index in [0.717, 1.165) is 5.56 Å². The van der Waals surface area contributed by atoms with E-state index in [9.17, 15) is 9.59 Å². The van der Waals surface area contributed by atoms with Crippen LogP contribution in [-0.4, -0.2) is 17.0 Å². The van der Waals surface area contributed by atoms with Crippen molar-refractivity contribution in [3.05, 3.63) is 40.3 Å². The quantitative estimate of drug-likeness (QED) is 0.452. The summed E-state index contributed by atoms with van der Waals surface area (Å²) >= 11 is 0. The first-order valence-electron chi connectivity index (χ1n) is 6.22. The van der Waals surface area contributed by atoms with E-state index < -0.39 is 12.0 Å². The smallest absolute Gasteiger partial charge is 0.303 e. The molecule has 1 aromatic rings. The Hall–Kier alpha value is -2.53. The Morgan fingerprint density at radius 2 is 2.05 bits per heavy atom. The van der Waals surface area contributed by atoms with Crippen LogP contribution in [0.3, 0.4) is 0 Å². The van der Waals surface area contributed by atoms with Crippen molar-refractivity contribution in [2.75, 3.05) is 5.32 Å². The molecule has 0 heterocycles. The lowest BCUT2D eigenvalue weighted by atomic mass is 10.0. The SMILES string of the molecule is CCC(=O)Nc1ccc(C(CCC(=O)O)N=[N+]=[N-])cc1. The van der Waals surface area contributed by atoms with Crippen LogP contribution in [0.25, 0.3) is 10.4 Å². The molecule has 0 aromatic heterocycles. The van der Waals surface area contributed by atoms with Gasteiger partial charge in [-0.15, -0.1) is 0 Å². The number of nitrogens with zero attached hydrogens (tertiary/aromatic N) is 3. The Morgan fingerprint density at radius 1 is 1.40 bits per heavy atom. The number of carboxylic acids is 1. The van der Waals surface area contributed by atoms with E-state index in [4.69, 9.17) is 10.6 Å². The maximum atomic E-state index is 11.2. The molecule has 0 radical (unpaired) electrons. The van der Waals surface area contributed by atoms with E-state index in [-0.39, 0.29) is 18.7 Å². The van der Waals surface area contributed by atoms with Gasteiger partial charge in [-0.1, -0.05) is 24.2 Å². The minimum atomic E-state index is -0.935. The first-order chi connectivity index (χ1) is 9.56. The van der Waals surface area contributed by atoms with Crippen LogP contribution in [0.15, 0.2) is 29.4 Å². The zero-order chi connectivity index (χ0) is 15.0. The van der Waals surface area contributed by atoms with Gasteiger partial charge >= 0.3 is 5.97 Å². The second kappa shape index (κ2) is 7.81. The highest BCUT2D eigenvalue weighted by molar-refractivity contribution is 5.90. The molecule has 0 saturated heterocycles. The number of nitrogens with one attached hydrogen (secondary N) is 1. The van der Waals surface area contributed by atoms with Crippen LogP contribution in [-0.2, 0) is 9.59 Å². The lowest BCUT2D eigenvalue weighted by Gasteiger charge is -2.11. The van der Waals surface area contributed by atoms with Crippen LogP contribution in [0.1, 0.15) is 37.8 Å². The minimum absolute atomic E-state index is 0.0714. The zero-order valence-electron chi connectivity index (χ0n) is 11.1. The van der Waals surface area contributed by atoms with Crippen LogP contribution in [0.4, 0.5) is 5.69 Å². The summed E-state index contributed by atoms with van der Waals surface area (Å²) in [6.45, 7) is 1.76. The van der Waals surface area contributed by atoms with Gasteiger partial charge in [-0.3, -0.25) is 9.59 Å². The second-order valence-corrected chi connectivity index (χ2v) is 4.18. The van der Waals surface area contributed by atoms with Gasteiger partial charge in [0.15, 0.2) is 0 Å². The van der Waals surface area contributed by atoms with E-state index in [2.05, 4.69) is 15.3 Å². The van der Waals surface area contributed by atoms with E-state index in [0.29, 0.717) is 12.1 Å². The van der Waals surface area contributed by atoms with Gasteiger partial charge in [0.05, 0.1) is 6.04 Å². The minimum Gasteiger partial charge on any atom is -0.481 e. The predicted octanol–water partition coefficient (Wildman–Crippen LogP) is 3.25. The average Bonchev–Trinajstić information content (AvgIpc) is 2.44. The largest absolute Gasteiger partial charge is 0.481 e. The molecule has 0 aliphatic carbocycles. The molecular formula is C13H16N4O3. The molecule has 20 heavy (non-hydrogen) atoms. The van der Waals surface area contributed by atoms with Crippen LogP contribution < -0.4 is 5.32 Å². The molecule has 7 heteroatoms. The highest BCUT2D eigenvalue weighted by atomic mass is 16.4. The Kier molecular flexibility index (Phi) is 6.06. The van der Waals surface area contributed by atoms with Crippen molar-refractivity contribution in [3.8, 4) is 0 Å². The van der Waals surface area contributed by atoms with Gasteiger partial charge in [-0.25, -0.2) is 0 Å². The van der Waals surface area contributed by atoms with Crippen LogP contribution in [0, 0.1) is 0 Å². The molecule has 106 valence electrons. The van der Waals surface area contributed by atoms with E-state index in [1.54, 1.807) is 31.2 Å². The normalized spacial score (nSPS) is 11.2. The summed E-state index contributed by atoms with van der Waals surface area (Å²) in [5.41, 5.74) is 9.89. The fourth-order valence-corrected chi connectivity index (χ4v) is 1.65. The molecule has 1 aromatic carbocycles. The van der Waals surface area contributed by atoms with E-state index in [1.165, 1.54) is 0 Å². The van der Waals surface area contributed by atoms with Crippen LogP contribution in [0.2, 0.25) is 0 Å². The summed E-state index contributed by atoms with van der Waals surface area (Å²) in [6, 6.07) is 6.30. The van der Waals surface area contributed by atoms with E-state index >= 15 is 0 Å². The number of rotatable bonds is 7. The Bertz CT molecular complexity index is 521. The van der Waals surface area contributed by atoms with Crippen molar-refractivity contribution < 1.29 is 14.7 Å². The molecule has 7 nitrogen and oxygen atoms in total. The van der Waals surface area contributed by atoms with Crippen molar-refractivity contribution in [1.82, 2.24) is 0 Å². The predicted molar refractivity (Wildman–Crippen MR) is 74.1 cm³/mol. The standard InChI is InChI=1S/C13H16N4O3/c1-2-12(18)15-10-5-3-9(4-6-10)11(16-17-14)7-8-13(19)20/h3-6,11H,2,7-8H2,1H3,(H,15,18)(H,19,20). The average molecular weight is 276 g/mol. The maximum Gasteiger partial charge on any atom is 0.303 e. The van der Waals surface area contributed by atoms with Crippen LogP contribution >= 0.6 is 0 Å². The number of amides is 1. The number of benzene rings is 1. The molecule has 1 amide bonds. The van der Waals surface area contributed by atoms with E-state index in [1.807, 2.05) is 0 Å². The molecule has 0 spiro atoms. The number of anilines is 1. The topological polar surface area (TPSA) is 115 Å². The Morgan fingerprint density at radius 3 is 2.55 bits per heavy atom. The first-order valence-corrected chi connectivity index (χ1v) is 6.22. The number of hydrogen-bond acceptors (Lipinski definition) is 3. The molecule has 0 aliphatic rings. The molecule has 0 saturated carbocycles. The van der Waals surface area contributed by atoms with Gasteiger partial charge in [0.1, 0.15) is 0 Å².